The molecule has 1 aromatic heterocycles. The van der Waals surface area contributed by atoms with Gasteiger partial charge in [0.1, 0.15) is 5.82 Å². The van der Waals surface area contributed by atoms with Crippen molar-refractivity contribution in [2.75, 3.05) is 17.2 Å². The van der Waals surface area contributed by atoms with E-state index in [1.165, 1.54) is 40.9 Å². The van der Waals surface area contributed by atoms with Gasteiger partial charge < -0.3 is 4.90 Å². The number of carbonyl (C=O) groups is 1. The van der Waals surface area contributed by atoms with Gasteiger partial charge in [-0.2, -0.15) is 5.26 Å². The third-order valence-electron chi connectivity index (χ3n) is 4.32. The van der Waals surface area contributed by atoms with E-state index < -0.39 is 0 Å². The lowest BCUT2D eigenvalue weighted by Crippen LogP contribution is -2.33. The first-order valence-corrected chi connectivity index (χ1v) is 10.2. The van der Waals surface area contributed by atoms with Crippen molar-refractivity contribution in [3.63, 3.8) is 0 Å². The van der Waals surface area contributed by atoms with Crippen LogP contribution in [0.3, 0.4) is 0 Å². The smallest absolute Gasteiger partial charge is 0.237 e. The molecule has 0 spiro atoms. The molecule has 2 aromatic carbocycles. The number of rotatable bonds is 7. The van der Waals surface area contributed by atoms with Gasteiger partial charge in [-0.1, -0.05) is 29.4 Å². The molecule has 29 heavy (non-hydrogen) atoms. The number of thioether (sulfide) groups is 1. The number of amides is 1. The summed E-state index contributed by atoms with van der Waals surface area (Å²) in [6.45, 7) is 2.17. The summed E-state index contributed by atoms with van der Waals surface area (Å²) >= 11 is 7.52. The van der Waals surface area contributed by atoms with Crippen LogP contribution >= 0.6 is 23.4 Å². The molecule has 0 aliphatic carbocycles. The summed E-state index contributed by atoms with van der Waals surface area (Å²) in [5, 5.41) is 10.2. The van der Waals surface area contributed by atoms with E-state index in [2.05, 4.69) is 4.98 Å². The first-order chi connectivity index (χ1) is 14.0. The largest absolute Gasteiger partial charge is 0.311 e. The van der Waals surface area contributed by atoms with Crippen molar-refractivity contribution in [3.05, 3.63) is 71.3 Å². The molecule has 8 heteroatoms. The van der Waals surface area contributed by atoms with Crippen LogP contribution in [0.5, 0.6) is 0 Å². The van der Waals surface area contributed by atoms with Gasteiger partial charge in [-0.05, 0) is 48.9 Å². The standard InChI is InChI=1S/C21H18ClFN4OS/c1-15-18(22)4-2-5-19(15)27-13-11-25-21(27)29-14-20(28)26(12-3-10-24)17-8-6-16(23)7-9-17/h2,4-9,11,13H,3,12,14H2,1H3. The Hall–Kier alpha value is -2.82. The second kappa shape index (κ2) is 9.59. The van der Waals surface area contributed by atoms with Gasteiger partial charge in [-0.25, -0.2) is 9.37 Å². The predicted molar refractivity (Wildman–Crippen MR) is 113 cm³/mol. The molecule has 0 radical (unpaired) electrons. The molecule has 0 fully saturated rings. The van der Waals surface area contributed by atoms with Crippen molar-refractivity contribution in [3.8, 4) is 11.8 Å². The lowest BCUT2D eigenvalue weighted by molar-refractivity contribution is -0.116. The predicted octanol–water partition coefficient (Wildman–Crippen LogP) is 5.01. The van der Waals surface area contributed by atoms with Crippen LogP contribution in [0.25, 0.3) is 5.69 Å². The molecule has 0 atom stereocenters. The van der Waals surface area contributed by atoms with Crippen LogP contribution in [0, 0.1) is 24.1 Å². The average Bonchev–Trinajstić information content (AvgIpc) is 3.18. The zero-order valence-corrected chi connectivity index (χ0v) is 17.3. The Morgan fingerprint density at radius 3 is 2.79 bits per heavy atom. The van der Waals surface area contributed by atoms with E-state index in [1.54, 1.807) is 6.20 Å². The molecule has 5 nitrogen and oxygen atoms in total. The normalized spacial score (nSPS) is 10.6. The molecule has 0 saturated heterocycles. The fourth-order valence-corrected chi connectivity index (χ4v) is 3.83. The fraction of sp³-hybridized carbons (Fsp3) is 0.190. The summed E-state index contributed by atoms with van der Waals surface area (Å²) in [4.78, 5) is 18.7. The second-order valence-corrected chi connectivity index (χ2v) is 7.53. The second-order valence-electron chi connectivity index (χ2n) is 6.18. The van der Waals surface area contributed by atoms with E-state index in [0.717, 1.165) is 11.3 Å². The van der Waals surface area contributed by atoms with Gasteiger partial charge in [0.25, 0.3) is 0 Å². The number of carbonyl (C=O) groups excluding carboxylic acids is 1. The van der Waals surface area contributed by atoms with Crippen molar-refractivity contribution >= 4 is 35.0 Å². The van der Waals surface area contributed by atoms with Crippen LogP contribution in [-0.2, 0) is 4.79 Å². The van der Waals surface area contributed by atoms with Gasteiger partial charge >= 0.3 is 0 Å². The Morgan fingerprint density at radius 2 is 2.07 bits per heavy atom. The van der Waals surface area contributed by atoms with Gasteiger partial charge in [-0.15, -0.1) is 0 Å². The molecule has 148 valence electrons. The number of anilines is 1. The Bertz CT molecular complexity index is 1050. The molecule has 0 bridgehead atoms. The van der Waals surface area contributed by atoms with Crippen LogP contribution < -0.4 is 4.90 Å². The summed E-state index contributed by atoms with van der Waals surface area (Å²) in [6.07, 6.45) is 3.67. The maximum Gasteiger partial charge on any atom is 0.237 e. The molecule has 0 saturated carbocycles. The third kappa shape index (κ3) is 4.97. The van der Waals surface area contributed by atoms with Crippen molar-refractivity contribution in [1.29, 1.82) is 5.26 Å². The molecular formula is C21H18ClFN4OS. The number of nitriles is 1. The molecule has 0 aliphatic heterocycles. The van der Waals surface area contributed by atoms with E-state index >= 15 is 0 Å². The minimum absolute atomic E-state index is 0.124. The first kappa shape index (κ1) is 20.9. The van der Waals surface area contributed by atoms with Gasteiger partial charge in [0, 0.05) is 29.6 Å². The van der Waals surface area contributed by atoms with Gasteiger partial charge in [0.05, 0.1) is 23.9 Å². The topological polar surface area (TPSA) is 61.9 Å². The average molecular weight is 429 g/mol. The van der Waals surface area contributed by atoms with Gasteiger partial charge in [0.2, 0.25) is 5.91 Å². The molecule has 3 aromatic rings. The van der Waals surface area contributed by atoms with Crippen LogP contribution in [0.4, 0.5) is 10.1 Å². The van der Waals surface area contributed by atoms with Crippen LogP contribution in [0.15, 0.2) is 60.0 Å². The minimum Gasteiger partial charge on any atom is -0.311 e. The third-order valence-corrected chi connectivity index (χ3v) is 5.68. The highest BCUT2D eigenvalue weighted by atomic mass is 35.5. The SMILES string of the molecule is Cc1c(Cl)cccc1-n1ccnc1SCC(=O)N(CCC#N)c1ccc(F)cc1. The number of benzene rings is 2. The number of halogens is 2. The summed E-state index contributed by atoms with van der Waals surface area (Å²) in [5.41, 5.74) is 2.37. The monoisotopic (exact) mass is 428 g/mol. The van der Waals surface area contributed by atoms with E-state index in [0.29, 0.717) is 15.9 Å². The van der Waals surface area contributed by atoms with E-state index in [4.69, 9.17) is 16.9 Å². The highest BCUT2D eigenvalue weighted by Crippen LogP contribution is 2.27. The summed E-state index contributed by atoms with van der Waals surface area (Å²) in [5.74, 6) is -0.441. The number of aromatic nitrogens is 2. The molecular weight excluding hydrogens is 411 g/mol. The first-order valence-electron chi connectivity index (χ1n) is 8.85. The van der Waals surface area contributed by atoms with E-state index in [-0.39, 0.29) is 30.4 Å². The summed E-state index contributed by atoms with van der Waals surface area (Å²) in [6, 6.07) is 13.3. The van der Waals surface area contributed by atoms with Crippen molar-refractivity contribution in [1.82, 2.24) is 9.55 Å². The zero-order chi connectivity index (χ0) is 20.8. The van der Waals surface area contributed by atoms with E-state index in [1.807, 2.05) is 42.0 Å². The Kier molecular flexibility index (Phi) is 6.91. The lowest BCUT2D eigenvalue weighted by Gasteiger charge is -2.21. The molecule has 1 amide bonds. The zero-order valence-electron chi connectivity index (χ0n) is 15.7. The number of hydrogen-bond donors (Lipinski definition) is 0. The van der Waals surface area contributed by atoms with Crippen molar-refractivity contribution in [2.45, 2.75) is 18.5 Å². The Balaban J connectivity index is 1.77. The lowest BCUT2D eigenvalue weighted by atomic mass is 10.2. The molecule has 0 aliphatic rings. The summed E-state index contributed by atoms with van der Waals surface area (Å²) in [7, 11) is 0. The Labute approximate surface area is 177 Å². The van der Waals surface area contributed by atoms with Crippen LogP contribution in [-0.4, -0.2) is 27.8 Å². The van der Waals surface area contributed by atoms with Gasteiger partial charge in [-0.3, -0.25) is 9.36 Å². The fourth-order valence-electron chi connectivity index (χ4n) is 2.82. The molecule has 3 rings (SSSR count). The maximum atomic E-state index is 13.2. The Morgan fingerprint density at radius 1 is 1.31 bits per heavy atom. The number of nitrogens with zero attached hydrogens (tertiary/aromatic N) is 4. The minimum atomic E-state index is -0.380. The molecule has 0 unspecified atom stereocenters. The molecule has 0 N–H and O–H groups in total. The quantitative estimate of drug-likeness (QED) is 0.496. The van der Waals surface area contributed by atoms with Crippen LogP contribution in [0.2, 0.25) is 5.02 Å². The van der Waals surface area contributed by atoms with E-state index in [9.17, 15) is 9.18 Å². The maximum absolute atomic E-state index is 13.2. The van der Waals surface area contributed by atoms with Crippen molar-refractivity contribution < 1.29 is 9.18 Å². The van der Waals surface area contributed by atoms with Crippen LogP contribution in [0.1, 0.15) is 12.0 Å². The summed E-state index contributed by atoms with van der Waals surface area (Å²) < 4.78 is 15.1. The molecule has 1 heterocycles. The number of hydrogen-bond acceptors (Lipinski definition) is 4. The van der Waals surface area contributed by atoms with Gasteiger partial charge in [0.15, 0.2) is 5.16 Å². The highest BCUT2D eigenvalue weighted by Gasteiger charge is 2.18. The highest BCUT2D eigenvalue weighted by molar-refractivity contribution is 7.99. The van der Waals surface area contributed by atoms with Crippen molar-refractivity contribution in [2.24, 2.45) is 0 Å². The number of imidazole rings is 1.